The van der Waals surface area contributed by atoms with E-state index in [1.807, 2.05) is 11.3 Å². The smallest absolute Gasteiger partial charge is 0.198 e. The standard InChI is InChI=1S/C66H62BN3S/c1-37-19-22-39(23-20-37)68-52-36-59-43(44-31-47-50(35-58(44)71-59)66(9,10)28-26-63(47,3)4)30-42(52)45-33-57(69-53-17-13-11-15-40(53)41-16-12-14-18-54(41)69)60-46-32-48-49(65(7,8)27-25-64(48,5)6)34-56(46)70-55-24-21-38(2)29-51(55)67-61(45)62(60)70/h11-24,29-36,67-68H,25-28H2,1-10H3. The molecule has 71 heavy (non-hydrogen) atoms. The van der Waals surface area contributed by atoms with E-state index in [0.29, 0.717) is 0 Å². The number of aromatic nitrogens is 2. The number of hydrogen-bond donors (Lipinski definition) is 1. The number of nitrogens with zero attached hydrogens (tertiary/aromatic N) is 2. The van der Waals surface area contributed by atoms with Crippen LogP contribution in [0.25, 0.3) is 86.3 Å². The molecule has 3 nitrogen and oxygen atoms in total. The maximum Gasteiger partial charge on any atom is 0.198 e. The number of para-hydroxylation sites is 2. The van der Waals surface area contributed by atoms with E-state index in [-0.39, 0.29) is 21.7 Å². The molecular formula is C66H62BN3S. The zero-order chi connectivity index (χ0) is 48.7. The Bertz CT molecular complexity index is 4080. The molecule has 2 aliphatic carbocycles. The molecule has 5 heteroatoms. The van der Waals surface area contributed by atoms with Gasteiger partial charge in [0.1, 0.15) is 0 Å². The number of aryl methyl sites for hydroxylation is 2. The first kappa shape index (κ1) is 43.3. The largest absolute Gasteiger partial charge is 0.355 e. The highest BCUT2D eigenvalue weighted by Gasteiger charge is 2.40. The van der Waals surface area contributed by atoms with Crippen molar-refractivity contribution >= 4 is 105 Å². The molecule has 11 aromatic rings. The Labute approximate surface area is 422 Å². The quantitative estimate of drug-likeness (QED) is 0.175. The maximum atomic E-state index is 4.06. The van der Waals surface area contributed by atoms with Crippen LogP contribution in [0.2, 0.25) is 0 Å². The van der Waals surface area contributed by atoms with Crippen LogP contribution in [0, 0.1) is 13.8 Å². The van der Waals surface area contributed by atoms with Crippen LogP contribution in [0.1, 0.15) is 114 Å². The Morgan fingerprint density at radius 1 is 0.465 bits per heavy atom. The van der Waals surface area contributed by atoms with E-state index in [4.69, 9.17) is 0 Å². The van der Waals surface area contributed by atoms with Crippen LogP contribution in [0.4, 0.5) is 11.4 Å². The Hall–Kier alpha value is -6.56. The summed E-state index contributed by atoms with van der Waals surface area (Å²) in [5, 5.41) is 12.0. The Balaban J connectivity index is 1.18. The lowest BCUT2D eigenvalue weighted by molar-refractivity contribution is 0.332. The van der Waals surface area contributed by atoms with E-state index in [0.717, 1.165) is 18.7 Å². The first-order valence-corrected chi connectivity index (χ1v) is 26.9. The topological polar surface area (TPSA) is 21.9 Å². The molecule has 0 radical (unpaired) electrons. The summed E-state index contributed by atoms with van der Waals surface area (Å²) in [6.45, 7) is 24.2. The highest BCUT2D eigenvalue weighted by atomic mass is 32.1. The molecule has 3 aliphatic rings. The van der Waals surface area contributed by atoms with Crippen LogP contribution in [-0.4, -0.2) is 16.4 Å². The number of hydrogen-bond acceptors (Lipinski definition) is 2. The van der Waals surface area contributed by atoms with Crippen molar-refractivity contribution in [3.63, 3.8) is 0 Å². The summed E-state index contributed by atoms with van der Waals surface area (Å²) in [4.78, 5) is 0. The van der Waals surface area contributed by atoms with Gasteiger partial charge in [-0.1, -0.05) is 133 Å². The summed E-state index contributed by atoms with van der Waals surface area (Å²) in [6, 6.07) is 52.4. The SMILES string of the molecule is Cc1ccc(Nc2cc3sc4cc5c(cc4c3cc2-c2cc(-n3c4ccccc4c4ccccc43)c3c4cc6c(cc4n4c3c2Bc2cc(C)ccc2-4)C(C)(C)CCC6(C)C)C(C)(C)CCC5(C)C)cc1. The fourth-order valence-electron chi connectivity index (χ4n) is 13.6. The van der Waals surface area contributed by atoms with E-state index < -0.39 is 0 Å². The summed E-state index contributed by atoms with van der Waals surface area (Å²) >= 11 is 1.96. The second kappa shape index (κ2) is 14.5. The third-order valence-electron chi connectivity index (χ3n) is 18.0. The molecular weight excluding hydrogens is 878 g/mol. The molecule has 0 unspecified atom stereocenters. The van der Waals surface area contributed by atoms with Gasteiger partial charge in [0, 0.05) is 64.3 Å². The van der Waals surface area contributed by atoms with Gasteiger partial charge in [0.05, 0.1) is 27.8 Å². The zero-order valence-electron chi connectivity index (χ0n) is 43.0. The molecule has 0 amide bonds. The maximum absolute atomic E-state index is 4.06. The molecule has 1 aliphatic heterocycles. The van der Waals surface area contributed by atoms with Crippen LogP contribution in [0.15, 0.2) is 133 Å². The molecule has 3 aromatic heterocycles. The van der Waals surface area contributed by atoms with E-state index >= 15 is 0 Å². The summed E-state index contributed by atoms with van der Waals surface area (Å²) in [5.41, 5.74) is 24.1. The van der Waals surface area contributed by atoms with Crippen molar-refractivity contribution in [3.05, 3.63) is 167 Å². The molecule has 0 spiro atoms. The molecule has 0 saturated carbocycles. The van der Waals surface area contributed by atoms with Gasteiger partial charge in [-0.2, -0.15) is 0 Å². The first-order valence-electron chi connectivity index (χ1n) is 26.1. The number of rotatable bonds is 4. The van der Waals surface area contributed by atoms with Crippen molar-refractivity contribution in [2.45, 2.75) is 117 Å². The van der Waals surface area contributed by atoms with E-state index in [1.165, 1.54) is 156 Å². The Morgan fingerprint density at radius 2 is 1.01 bits per heavy atom. The first-order chi connectivity index (χ1) is 34.0. The average Bonchev–Trinajstić information content (AvgIpc) is 4.00. The molecule has 4 heterocycles. The molecule has 8 aromatic carbocycles. The minimum Gasteiger partial charge on any atom is -0.355 e. The van der Waals surface area contributed by atoms with Crippen molar-refractivity contribution in [2.75, 3.05) is 5.32 Å². The normalized spacial score (nSPS) is 17.2. The molecule has 0 fully saturated rings. The van der Waals surface area contributed by atoms with Gasteiger partial charge in [-0.3, -0.25) is 0 Å². The van der Waals surface area contributed by atoms with Crippen molar-refractivity contribution < 1.29 is 0 Å². The van der Waals surface area contributed by atoms with E-state index in [9.17, 15) is 0 Å². The molecule has 350 valence electrons. The highest BCUT2D eigenvalue weighted by molar-refractivity contribution is 7.25. The predicted molar refractivity (Wildman–Crippen MR) is 310 cm³/mol. The van der Waals surface area contributed by atoms with E-state index in [1.54, 1.807) is 0 Å². The van der Waals surface area contributed by atoms with Gasteiger partial charge in [0.15, 0.2) is 7.28 Å². The minimum atomic E-state index is 0.0535. The van der Waals surface area contributed by atoms with Crippen LogP contribution < -0.4 is 16.2 Å². The van der Waals surface area contributed by atoms with Gasteiger partial charge in [0.25, 0.3) is 0 Å². The van der Waals surface area contributed by atoms with Crippen LogP contribution >= 0.6 is 11.3 Å². The lowest BCUT2D eigenvalue weighted by Gasteiger charge is -2.42. The zero-order valence-corrected chi connectivity index (χ0v) is 43.9. The van der Waals surface area contributed by atoms with Gasteiger partial charge >= 0.3 is 0 Å². The molecule has 1 N–H and O–H groups in total. The second-order valence-electron chi connectivity index (χ2n) is 24.5. The number of anilines is 2. The summed E-state index contributed by atoms with van der Waals surface area (Å²) in [5.74, 6) is 0. The fraction of sp³-hybridized carbons (Fsp3) is 0.273. The average molecular weight is 940 g/mol. The monoisotopic (exact) mass is 939 g/mol. The van der Waals surface area contributed by atoms with Crippen LogP contribution in [-0.2, 0) is 21.7 Å². The molecule has 14 rings (SSSR count). The fourth-order valence-corrected chi connectivity index (χ4v) is 14.8. The third-order valence-corrected chi connectivity index (χ3v) is 19.1. The van der Waals surface area contributed by atoms with Crippen molar-refractivity contribution in [3.8, 4) is 22.5 Å². The minimum absolute atomic E-state index is 0.0535. The predicted octanol–water partition coefficient (Wildman–Crippen LogP) is 16.7. The van der Waals surface area contributed by atoms with Gasteiger partial charge in [-0.15, -0.1) is 11.3 Å². The third kappa shape index (κ3) is 6.21. The van der Waals surface area contributed by atoms with Crippen molar-refractivity contribution in [2.24, 2.45) is 0 Å². The highest BCUT2D eigenvalue weighted by Crippen LogP contribution is 2.53. The van der Waals surface area contributed by atoms with Crippen LogP contribution in [0.3, 0.4) is 0 Å². The van der Waals surface area contributed by atoms with Crippen molar-refractivity contribution in [1.29, 1.82) is 0 Å². The number of thiophene rings is 1. The van der Waals surface area contributed by atoms with Gasteiger partial charge < -0.3 is 14.5 Å². The van der Waals surface area contributed by atoms with Crippen LogP contribution in [0.5, 0.6) is 0 Å². The van der Waals surface area contributed by atoms with Crippen molar-refractivity contribution in [1.82, 2.24) is 9.13 Å². The second-order valence-corrected chi connectivity index (χ2v) is 25.6. The number of benzene rings is 8. The van der Waals surface area contributed by atoms with Gasteiger partial charge in [0.2, 0.25) is 0 Å². The van der Waals surface area contributed by atoms with E-state index in [2.05, 4.69) is 217 Å². The molecule has 0 bridgehead atoms. The lowest BCUT2D eigenvalue weighted by Crippen LogP contribution is -2.37. The van der Waals surface area contributed by atoms with Gasteiger partial charge in [-0.05, 0) is 167 Å². The lowest BCUT2D eigenvalue weighted by atomic mass is 9.58. The number of fused-ring (bicyclic) bond motifs is 13. The summed E-state index contributed by atoms with van der Waals surface area (Å²) in [6.07, 6.45) is 4.74. The molecule has 0 saturated heterocycles. The summed E-state index contributed by atoms with van der Waals surface area (Å²) < 4.78 is 8.00. The Morgan fingerprint density at radius 3 is 1.66 bits per heavy atom. The number of nitrogens with one attached hydrogen (secondary N) is 1. The molecule has 0 atom stereocenters. The summed E-state index contributed by atoms with van der Waals surface area (Å²) in [7, 11) is 0.840. The Kier molecular flexibility index (Phi) is 8.86. The van der Waals surface area contributed by atoms with Gasteiger partial charge in [-0.25, -0.2) is 0 Å².